The molecule has 0 fully saturated rings. The molecular weight excluding hydrogens is 1430 g/mol. The van der Waals surface area contributed by atoms with Crippen molar-refractivity contribution in [3.63, 3.8) is 0 Å². The molecule has 2 unspecified atom stereocenters. The Hall–Kier alpha value is -1.94. The molecule has 0 heterocycles. The van der Waals surface area contributed by atoms with Gasteiger partial charge in [0.15, 0.2) is 12.2 Å². The van der Waals surface area contributed by atoms with Crippen molar-refractivity contribution in [1.29, 1.82) is 0 Å². The van der Waals surface area contributed by atoms with Gasteiger partial charge in [-0.25, -0.2) is 9.13 Å². The maximum atomic E-state index is 13.2. The van der Waals surface area contributed by atoms with Crippen molar-refractivity contribution in [2.75, 3.05) is 39.6 Å². The van der Waals surface area contributed by atoms with Crippen LogP contribution in [-0.4, -0.2) is 96.7 Å². The first kappa shape index (κ1) is 108. The molecule has 0 spiro atoms. The Labute approximate surface area is 677 Å². The lowest BCUT2D eigenvalue weighted by Crippen LogP contribution is -2.30. The number of rotatable bonds is 91. The summed E-state index contributed by atoms with van der Waals surface area (Å²) in [7, 11) is -9.93. The van der Waals surface area contributed by atoms with E-state index in [2.05, 4.69) is 34.6 Å². The Kier molecular flexibility index (Phi) is 82.1. The fourth-order valence-electron chi connectivity index (χ4n) is 14.4. The minimum atomic E-state index is -4.97. The maximum absolute atomic E-state index is 13.2. The molecule has 654 valence electrons. The number of aliphatic hydroxyl groups excluding tert-OH is 1. The van der Waals surface area contributed by atoms with Gasteiger partial charge in [-0.15, -0.1) is 0 Å². The van der Waals surface area contributed by atoms with Crippen LogP contribution in [0.3, 0.4) is 0 Å². The van der Waals surface area contributed by atoms with Crippen LogP contribution in [-0.2, 0) is 65.4 Å². The lowest BCUT2D eigenvalue weighted by molar-refractivity contribution is -0.161. The van der Waals surface area contributed by atoms with Crippen LogP contribution in [0.1, 0.15) is 497 Å². The number of carbonyl (C=O) groups excluding carboxylic acids is 4. The number of ether oxygens (including phenoxy) is 4. The SMILES string of the molecule is CCCCCCCCCCCCCCCCCCCCCCCCC(=O)O[C@H](COC(=O)CCCCCCCCCCCCCCCCCCCCCC)COP(=O)(O)OC[C@@H](O)COP(=O)(O)OC[C@@H](COC(=O)CCCCCCCCCCCC(C)C)OC(=O)CCCCCCCCCCCCCCCCCC. The Morgan fingerprint density at radius 2 is 0.418 bits per heavy atom. The predicted molar refractivity (Wildman–Crippen MR) is 455 cm³/mol. The second-order valence-electron chi connectivity index (χ2n) is 33.2. The average Bonchev–Trinajstić information content (AvgIpc) is 0.897. The van der Waals surface area contributed by atoms with E-state index in [4.69, 9.17) is 37.0 Å². The number of unbranched alkanes of at least 4 members (excludes halogenated alkanes) is 63. The van der Waals surface area contributed by atoms with Gasteiger partial charge < -0.3 is 33.8 Å². The van der Waals surface area contributed by atoms with Crippen LogP contribution in [0.5, 0.6) is 0 Å². The monoisotopic (exact) mass is 1610 g/mol. The zero-order valence-corrected chi connectivity index (χ0v) is 74.2. The van der Waals surface area contributed by atoms with Crippen molar-refractivity contribution in [1.82, 2.24) is 0 Å². The van der Waals surface area contributed by atoms with Crippen LogP contribution in [0.4, 0.5) is 0 Å². The summed E-state index contributed by atoms with van der Waals surface area (Å²) in [5.74, 6) is -1.35. The third kappa shape index (κ3) is 84.0. The summed E-state index contributed by atoms with van der Waals surface area (Å²) in [6, 6.07) is 0. The molecule has 0 aliphatic carbocycles. The van der Waals surface area contributed by atoms with E-state index in [0.29, 0.717) is 25.7 Å². The van der Waals surface area contributed by atoms with Gasteiger partial charge in [-0.2, -0.15) is 0 Å². The lowest BCUT2D eigenvalue weighted by atomic mass is 10.0. The molecule has 5 atom stereocenters. The second kappa shape index (κ2) is 83.5. The van der Waals surface area contributed by atoms with Crippen LogP contribution in [0, 0.1) is 5.92 Å². The Morgan fingerprint density at radius 3 is 0.618 bits per heavy atom. The quantitative estimate of drug-likeness (QED) is 0.0222. The van der Waals surface area contributed by atoms with Gasteiger partial charge in [-0.05, 0) is 31.6 Å². The highest BCUT2D eigenvalue weighted by Gasteiger charge is 2.31. The van der Waals surface area contributed by atoms with E-state index in [1.54, 1.807) is 0 Å². The third-order valence-electron chi connectivity index (χ3n) is 21.5. The number of carbonyl (C=O) groups is 4. The van der Waals surface area contributed by atoms with Crippen LogP contribution < -0.4 is 0 Å². The fourth-order valence-corrected chi connectivity index (χ4v) is 15.9. The predicted octanol–water partition coefficient (Wildman–Crippen LogP) is 28.3. The Morgan fingerprint density at radius 1 is 0.245 bits per heavy atom. The molecule has 110 heavy (non-hydrogen) atoms. The molecule has 0 saturated carbocycles. The van der Waals surface area contributed by atoms with Crippen molar-refractivity contribution >= 4 is 39.5 Å². The highest BCUT2D eigenvalue weighted by molar-refractivity contribution is 7.47. The standard InChI is InChI=1S/C91H178O17P2/c1-6-9-12-15-18-21-24-27-30-33-35-37-38-40-42-45-48-51-56-62-67-72-77-90(95)107-86(80-101-88(93)74-69-64-59-54-49-46-44-41-39-36-34-31-28-25-22-19-16-13-10-7-2)82-105-109(97,98)103-78-85(92)79-104-110(99,100)106-83-87(81-102-89(94)75-70-65-60-57-52-53-58-63-68-73-84(4)5)108-91(96)76-71-66-61-55-50-47-43-32-29-26-23-20-17-14-11-8-3/h84-87,92H,6-83H2,1-5H3,(H,97,98)(H,99,100)/t85-,86-,87-/m1/s1. The number of phosphoric ester groups is 2. The summed E-state index contributed by atoms with van der Waals surface area (Å²) in [6.45, 7) is 7.38. The smallest absolute Gasteiger partial charge is 0.462 e. The van der Waals surface area contributed by atoms with Gasteiger partial charge in [0.05, 0.1) is 26.4 Å². The summed E-state index contributed by atoms with van der Waals surface area (Å²) in [6.07, 6.45) is 79.3. The first-order chi connectivity index (χ1) is 53.5. The third-order valence-corrected chi connectivity index (χ3v) is 23.4. The molecule has 3 N–H and O–H groups in total. The molecule has 0 aliphatic heterocycles. The highest BCUT2D eigenvalue weighted by atomic mass is 31.2. The van der Waals surface area contributed by atoms with Gasteiger partial charge in [-0.3, -0.25) is 37.3 Å². The molecule has 19 heteroatoms. The summed E-state index contributed by atoms with van der Waals surface area (Å²) < 4.78 is 69.1. The zero-order valence-electron chi connectivity index (χ0n) is 72.4. The first-order valence-corrected chi connectivity index (χ1v) is 50.1. The molecule has 0 amide bonds. The van der Waals surface area contributed by atoms with Crippen molar-refractivity contribution in [3.05, 3.63) is 0 Å². The molecule has 0 rings (SSSR count). The largest absolute Gasteiger partial charge is 0.472 e. The van der Waals surface area contributed by atoms with Gasteiger partial charge >= 0.3 is 39.5 Å². The molecule has 0 saturated heterocycles. The van der Waals surface area contributed by atoms with Crippen LogP contribution in [0.15, 0.2) is 0 Å². The summed E-state index contributed by atoms with van der Waals surface area (Å²) in [5.41, 5.74) is 0. The number of aliphatic hydroxyl groups is 1. The number of hydrogen-bond acceptors (Lipinski definition) is 15. The first-order valence-electron chi connectivity index (χ1n) is 47.1. The molecule has 17 nitrogen and oxygen atoms in total. The molecular formula is C91H178O17P2. The van der Waals surface area contributed by atoms with E-state index in [1.165, 1.54) is 321 Å². The molecule has 0 aromatic carbocycles. The van der Waals surface area contributed by atoms with E-state index in [-0.39, 0.29) is 25.7 Å². The van der Waals surface area contributed by atoms with Gasteiger partial charge in [0, 0.05) is 25.7 Å². The van der Waals surface area contributed by atoms with Crippen molar-refractivity contribution < 1.29 is 80.2 Å². The summed E-state index contributed by atoms with van der Waals surface area (Å²) >= 11 is 0. The van der Waals surface area contributed by atoms with E-state index < -0.39 is 97.5 Å². The summed E-state index contributed by atoms with van der Waals surface area (Å²) in [5, 5.41) is 10.7. The topological polar surface area (TPSA) is 237 Å². The second-order valence-corrected chi connectivity index (χ2v) is 36.1. The zero-order chi connectivity index (χ0) is 80.4. The Balaban J connectivity index is 5.24. The molecule has 0 bridgehead atoms. The number of phosphoric acid groups is 2. The van der Waals surface area contributed by atoms with E-state index in [9.17, 15) is 43.2 Å². The van der Waals surface area contributed by atoms with Crippen LogP contribution in [0.2, 0.25) is 0 Å². The van der Waals surface area contributed by atoms with Crippen molar-refractivity contribution in [3.8, 4) is 0 Å². The number of esters is 4. The highest BCUT2D eigenvalue weighted by Crippen LogP contribution is 2.45. The van der Waals surface area contributed by atoms with E-state index in [0.717, 1.165) is 95.8 Å². The van der Waals surface area contributed by atoms with Crippen LogP contribution in [0.25, 0.3) is 0 Å². The van der Waals surface area contributed by atoms with Crippen molar-refractivity contribution in [2.45, 2.75) is 515 Å². The fraction of sp³-hybridized carbons (Fsp3) is 0.956. The number of hydrogen-bond donors (Lipinski definition) is 3. The van der Waals surface area contributed by atoms with Gasteiger partial charge in [0.25, 0.3) is 0 Å². The molecule has 0 aliphatic rings. The Bertz CT molecular complexity index is 2080. The van der Waals surface area contributed by atoms with Crippen molar-refractivity contribution in [2.24, 2.45) is 5.92 Å². The van der Waals surface area contributed by atoms with E-state index in [1.807, 2.05) is 0 Å². The summed E-state index contributed by atoms with van der Waals surface area (Å²) in [4.78, 5) is 73.4. The van der Waals surface area contributed by atoms with Gasteiger partial charge in [-0.1, -0.05) is 446 Å². The average molecular weight is 1610 g/mol. The normalized spacial score (nSPS) is 13.7. The van der Waals surface area contributed by atoms with Crippen LogP contribution >= 0.6 is 15.6 Å². The molecule has 0 aromatic heterocycles. The van der Waals surface area contributed by atoms with Gasteiger partial charge in [0.2, 0.25) is 0 Å². The molecule has 0 aromatic rings. The van der Waals surface area contributed by atoms with E-state index >= 15 is 0 Å². The van der Waals surface area contributed by atoms with Gasteiger partial charge in [0.1, 0.15) is 19.3 Å². The minimum Gasteiger partial charge on any atom is -0.462 e. The minimum absolute atomic E-state index is 0.109. The lowest BCUT2D eigenvalue weighted by Gasteiger charge is -2.21. The molecule has 0 radical (unpaired) electrons. The maximum Gasteiger partial charge on any atom is 0.472 e.